The monoisotopic (exact) mass is 272 g/mol. The third-order valence-corrected chi connectivity index (χ3v) is 2.50. The van der Waals surface area contributed by atoms with Gasteiger partial charge in [-0.3, -0.25) is 4.79 Å². The number of carbonyl (C=O) groups is 2. The van der Waals surface area contributed by atoms with Crippen molar-refractivity contribution in [2.45, 2.75) is 13.1 Å². The number of ketones is 1. The van der Waals surface area contributed by atoms with Crippen molar-refractivity contribution >= 4 is 17.3 Å². The Morgan fingerprint density at radius 2 is 1.95 bits per heavy atom. The van der Waals surface area contributed by atoms with Crippen molar-refractivity contribution in [3.05, 3.63) is 35.2 Å². The smallest absolute Gasteiger partial charge is 0.435 e. The number of hydrogen-bond donors (Lipinski definition) is 1. The van der Waals surface area contributed by atoms with Crippen LogP contribution < -0.4 is 0 Å². The first-order chi connectivity index (χ1) is 8.71. The van der Waals surface area contributed by atoms with Crippen LogP contribution >= 0.6 is 0 Å². The lowest BCUT2D eigenvalue weighted by Crippen LogP contribution is -2.09. The lowest BCUT2D eigenvalue weighted by atomic mass is 10.1. The van der Waals surface area contributed by atoms with Crippen molar-refractivity contribution in [2.75, 3.05) is 0 Å². The Morgan fingerprint density at radius 3 is 2.42 bits per heavy atom. The van der Waals surface area contributed by atoms with Crippen LogP contribution in [0.3, 0.4) is 0 Å². The molecule has 0 aliphatic rings. The Morgan fingerprint density at radius 1 is 1.32 bits per heavy atom. The molecule has 0 amide bonds. The maximum absolute atomic E-state index is 12.6. The fourth-order valence-electron chi connectivity index (χ4n) is 1.66. The van der Waals surface area contributed by atoms with E-state index in [4.69, 9.17) is 5.11 Å². The van der Waals surface area contributed by atoms with Gasteiger partial charge in [0.05, 0.1) is 11.1 Å². The second-order valence-corrected chi connectivity index (χ2v) is 3.82. The van der Waals surface area contributed by atoms with Gasteiger partial charge in [-0.25, -0.2) is 9.31 Å². The van der Waals surface area contributed by atoms with Crippen LogP contribution in [0.2, 0.25) is 0 Å². The Kier molecular flexibility index (Phi) is 2.80. The van der Waals surface area contributed by atoms with Gasteiger partial charge in [0.2, 0.25) is 0 Å². The topological polar surface area (TPSA) is 71.7 Å². The number of nitrogens with zero attached hydrogens (tertiary/aromatic N) is 2. The number of hydrogen-bond acceptors (Lipinski definition) is 3. The van der Waals surface area contributed by atoms with Gasteiger partial charge in [-0.2, -0.15) is 18.3 Å². The van der Waals surface area contributed by atoms with Crippen molar-refractivity contribution in [1.29, 1.82) is 0 Å². The largest absolute Gasteiger partial charge is 0.478 e. The number of carboxylic acid groups (broad SMARTS) is 1. The summed E-state index contributed by atoms with van der Waals surface area (Å²) in [5.41, 5.74) is -1.99. The van der Waals surface area contributed by atoms with Crippen LogP contribution in [0.25, 0.3) is 5.52 Å². The Bertz CT molecular complexity index is 637. The summed E-state index contributed by atoms with van der Waals surface area (Å²) in [4.78, 5) is 22.3. The van der Waals surface area contributed by atoms with E-state index in [1.807, 2.05) is 0 Å². The molecular formula is C11H7F3N2O3. The minimum Gasteiger partial charge on any atom is -0.478 e. The van der Waals surface area contributed by atoms with Crippen LogP contribution in [0.5, 0.6) is 0 Å². The molecule has 0 saturated heterocycles. The van der Waals surface area contributed by atoms with Gasteiger partial charge in [-0.05, 0) is 18.2 Å². The zero-order valence-corrected chi connectivity index (χ0v) is 9.52. The number of rotatable bonds is 2. The molecule has 0 aliphatic carbocycles. The van der Waals surface area contributed by atoms with Gasteiger partial charge in [0.15, 0.2) is 11.5 Å². The SMILES string of the molecule is CC(=O)c1ccc(C(=O)O)c2cc(C(F)(F)F)nn12. The minimum atomic E-state index is -4.71. The first-order valence-electron chi connectivity index (χ1n) is 5.06. The minimum absolute atomic E-state index is 0.115. The molecule has 0 aromatic carbocycles. The van der Waals surface area contributed by atoms with Gasteiger partial charge in [0, 0.05) is 6.92 Å². The molecular weight excluding hydrogens is 265 g/mol. The van der Waals surface area contributed by atoms with E-state index in [0.29, 0.717) is 10.6 Å². The van der Waals surface area contributed by atoms with E-state index in [2.05, 4.69) is 5.10 Å². The van der Waals surface area contributed by atoms with Gasteiger partial charge in [0.1, 0.15) is 5.69 Å². The highest BCUT2D eigenvalue weighted by atomic mass is 19.4. The third kappa shape index (κ3) is 2.16. The maximum Gasteiger partial charge on any atom is 0.435 e. The van der Waals surface area contributed by atoms with Crippen LogP contribution in [0, 0.1) is 0 Å². The van der Waals surface area contributed by atoms with Gasteiger partial charge in [0.25, 0.3) is 0 Å². The number of aromatic nitrogens is 2. The number of aromatic carboxylic acids is 1. The van der Waals surface area contributed by atoms with Crippen LogP contribution in [0.1, 0.15) is 33.5 Å². The van der Waals surface area contributed by atoms with Gasteiger partial charge in [-0.15, -0.1) is 0 Å². The number of halogens is 3. The van der Waals surface area contributed by atoms with Crippen molar-refractivity contribution in [1.82, 2.24) is 9.61 Å². The molecule has 0 bridgehead atoms. The number of fused-ring (bicyclic) bond motifs is 1. The zero-order chi connectivity index (χ0) is 14.4. The summed E-state index contributed by atoms with van der Waals surface area (Å²) >= 11 is 0. The first-order valence-corrected chi connectivity index (χ1v) is 5.06. The Hall–Kier alpha value is -2.38. The number of pyridine rings is 1. The summed E-state index contributed by atoms with van der Waals surface area (Å²) in [6, 6.07) is 2.82. The van der Waals surface area contributed by atoms with Gasteiger partial charge in [-0.1, -0.05) is 0 Å². The van der Waals surface area contributed by atoms with E-state index < -0.39 is 23.6 Å². The summed E-state index contributed by atoms with van der Waals surface area (Å²) in [5.74, 6) is -1.91. The molecule has 0 aliphatic heterocycles. The standard InChI is InChI=1S/C11H7F3N2O3/c1-5(17)7-3-2-6(10(18)19)8-4-9(11(12,13)14)15-16(7)8/h2-4H,1H3,(H,18,19). The lowest BCUT2D eigenvalue weighted by Gasteiger charge is -2.03. The normalized spacial score (nSPS) is 11.8. The Balaban J connectivity index is 2.84. The molecule has 0 fully saturated rings. The molecule has 5 nitrogen and oxygen atoms in total. The zero-order valence-electron chi connectivity index (χ0n) is 9.52. The number of Topliss-reactive ketones (excluding diaryl/α,β-unsaturated/α-hetero) is 1. The number of alkyl halides is 3. The molecule has 1 N–H and O–H groups in total. The van der Waals surface area contributed by atoms with Crippen molar-refractivity contribution < 1.29 is 27.9 Å². The summed E-state index contributed by atoms with van der Waals surface area (Å²) in [6.45, 7) is 1.16. The van der Waals surface area contributed by atoms with E-state index in [0.717, 1.165) is 19.1 Å². The highest BCUT2D eigenvalue weighted by Crippen LogP contribution is 2.30. The third-order valence-electron chi connectivity index (χ3n) is 2.50. The molecule has 2 aromatic heterocycles. The molecule has 0 spiro atoms. The first kappa shape index (κ1) is 13.1. The molecule has 0 atom stereocenters. The molecule has 2 rings (SSSR count). The fraction of sp³-hybridized carbons (Fsp3) is 0.182. The average Bonchev–Trinajstić information content (AvgIpc) is 2.70. The van der Waals surface area contributed by atoms with Crippen LogP contribution in [0.4, 0.5) is 13.2 Å². The molecule has 19 heavy (non-hydrogen) atoms. The molecule has 2 aromatic rings. The second kappa shape index (κ2) is 4.08. The fourth-order valence-corrected chi connectivity index (χ4v) is 1.66. The quantitative estimate of drug-likeness (QED) is 0.851. The molecule has 8 heteroatoms. The molecule has 2 heterocycles. The van der Waals surface area contributed by atoms with E-state index in [1.165, 1.54) is 0 Å². The molecule has 100 valence electrons. The second-order valence-electron chi connectivity index (χ2n) is 3.82. The Labute approximate surface area is 104 Å². The highest BCUT2D eigenvalue weighted by Gasteiger charge is 2.35. The van der Waals surface area contributed by atoms with E-state index in [9.17, 15) is 22.8 Å². The lowest BCUT2D eigenvalue weighted by molar-refractivity contribution is -0.141. The van der Waals surface area contributed by atoms with Gasteiger partial charge < -0.3 is 5.11 Å². The van der Waals surface area contributed by atoms with E-state index in [-0.39, 0.29) is 16.8 Å². The van der Waals surface area contributed by atoms with Gasteiger partial charge >= 0.3 is 12.1 Å². The van der Waals surface area contributed by atoms with Crippen LogP contribution in [-0.2, 0) is 6.18 Å². The molecule has 0 radical (unpaired) electrons. The summed E-state index contributed by atoms with van der Waals surface area (Å²) in [6.07, 6.45) is -4.71. The summed E-state index contributed by atoms with van der Waals surface area (Å²) in [7, 11) is 0. The summed E-state index contributed by atoms with van der Waals surface area (Å²) in [5, 5.41) is 12.2. The van der Waals surface area contributed by atoms with E-state index in [1.54, 1.807) is 0 Å². The van der Waals surface area contributed by atoms with Crippen molar-refractivity contribution in [3.63, 3.8) is 0 Å². The maximum atomic E-state index is 12.6. The van der Waals surface area contributed by atoms with Crippen LogP contribution in [-0.4, -0.2) is 26.5 Å². The predicted octanol–water partition coefficient (Wildman–Crippen LogP) is 2.25. The van der Waals surface area contributed by atoms with Crippen LogP contribution in [0.15, 0.2) is 18.2 Å². The summed E-state index contributed by atoms with van der Waals surface area (Å²) < 4.78 is 38.5. The predicted molar refractivity (Wildman–Crippen MR) is 57.2 cm³/mol. The molecule has 0 unspecified atom stereocenters. The average molecular weight is 272 g/mol. The molecule has 0 saturated carbocycles. The van der Waals surface area contributed by atoms with E-state index >= 15 is 0 Å². The van der Waals surface area contributed by atoms with Crippen molar-refractivity contribution in [2.24, 2.45) is 0 Å². The number of carbonyl (C=O) groups excluding carboxylic acids is 1. The van der Waals surface area contributed by atoms with Crippen molar-refractivity contribution in [3.8, 4) is 0 Å². The number of carboxylic acids is 1. The highest BCUT2D eigenvalue weighted by molar-refractivity contribution is 5.99.